The van der Waals surface area contributed by atoms with Gasteiger partial charge in [-0.25, -0.2) is 0 Å². The van der Waals surface area contributed by atoms with E-state index in [1.54, 1.807) is 0 Å². The van der Waals surface area contributed by atoms with Gasteiger partial charge in [-0.15, -0.1) is 0 Å². The first-order valence-electron chi connectivity index (χ1n) is 8.39. The zero-order valence-corrected chi connectivity index (χ0v) is 14.4. The Balaban J connectivity index is 3.56. The van der Waals surface area contributed by atoms with Crippen molar-refractivity contribution < 1.29 is 14.6 Å². The van der Waals surface area contributed by atoms with Crippen LogP contribution in [0.25, 0.3) is 0 Å². The van der Waals surface area contributed by atoms with E-state index in [4.69, 9.17) is 9.84 Å². The standard InChI is InChI=1S/C17H35NO3/c1-15(2)10-14-21-17(3,4)11-8-12-18-16(20)9-6-5-7-13-19/h15,19H,5-14H2,1-4H3,(H,18,20). The number of carbonyl (C=O) groups excluding carboxylic acids is 1. The minimum absolute atomic E-state index is 0.110. The summed E-state index contributed by atoms with van der Waals surface area (Å²) < 4.78 is 5.90. The Morgan fingerprint density at radius 2 is 1.90 bits per heavy atom. The third kappa shape index (κ3) is 14.1. The van der Waals surface area contributed by atoms with E-state index in [1.165, 1.54) is 0 Å². The molecule has 0 aliphatic rings. The molecule has 0 aromatic carbocycles. The molecular formula is C17H35NO3. The molecular weight excluding hydrogens is 266 g/mol. The zero-order chi connectivity index (χ0) is 16.1. The first-order valence-corrected chi connectivity index (χ1v) is 8.39. The minimum atomic E-state index is -0.110. The third-order valence-electron chi connectivity index (χ3n) is 3.53. The van der Waals surface area contributed by atoms with E-state index in [-0.39, 0.29) is 18.1 Å². The van der Waals surface area contributed by atoms with Crippen LogP contribution in [-0.4, -0.2) is 36.4 Å². The Hall–Kier alpha value is -0.610. The van der Waals surface area contributed by atoms with Crippen molar-refractivity contribution in [3.63, 3.8) is 0 Å². The van der Waals surface area contributed by atoms with E-state index in [0.717, 1.165) is 51.7 Å². The SMILES string of the molecule is CC(C)CCOC(C)(C)CCCNC(=O)CCCCCO. The van der Waals surface area contributed by atoms with Crippen LogP contribution in [0.3, 0.4) is 0 Å². The van der Waals surface area contributed by atoms with E-state index in [9.17, 15) is 4.79 Å². The molecule has 2 N–H and O–H groups in total. The highest BCUT2D eigenvalue weighted by atomic mass is 16.5. The number of carbonyl (C=O) groups is 1. The van der Waals surface area contributed by atoms with Crippen LogP contribution in [0.4, 0.5) is 0 Å². The summed E-state index contributed by atoms with van der Waals surface area (Å²) in [6.45, 7) is 10.4. The van der Waals surface area contributed by atoms with Gasteiger partial charge in [0.05, 0.1) is 5.60 Å². The van der Waals surface area contributed by atoms with Crippen LogP contribution in [0.5, 0.6) is 0 Å². The summed E-state index contributed by atoms with van der Waals surface area (Å²) in [5.74, 6) is 0.789. The lowest BCUT2D eigenvalue weighted by molar-refractivity contribution is -0.121. The Morgan fingerprint density at radius 1 is 1.19 bits per heavy atom. The van der Waals surface area contributed by atoms with E-state index in [2.05, 4.69) is 33.0 Å². The molecule has 0 unspecified atom stereocenters. The number of aliphatic hydroxyl groups is 1. The maximum absolute atomic E-state index is 11.6. The molecule has 21 heavy (non-hydrogen) atoms. The molecule has 0 atom stereocenters. The van der Waals surface area contributed by atoms with Crippen molar-refractivity contribution >= 4 is 5.91 Å². The van der Waals surface area contributed by atoms with Crippen molar-refractivity contribution in [2.24, 2.45) is 5.92 Å². The van der Waals surface area contributed by atoms with Gasteiger partial charge >= 0.3 is 0 Å². The third-order valence-corrected chi connectivity index (χ3v) is 3.53. The first-order chi connectivity index (χ1) is 9.87. The quantitative estimate of drug-likeness (QED) is 0.513. The highest BCUT2D eigenvalue weighted by molar-refractivity contribution is 5.75. The number of nitrogens with one attached hydrogen (secondary N) is 1. The first kappa shape index (κ1) is 20.4. The largest absolute Gasteiger partial charge is 0.396 e. The maximum atomic E-state index is 11.6. The number of rotatable bonds is 13. The van der Waals surface area contributed by atoms with Crippen LogP contribution in [0.1, 0.15) is 72.6 Å². The fourth-order valence-electron chi connectivity index (χ4n) is 2.05. The molecule has 0 saturated carbocycles. The number of hydrogen-bond donors (Lipinski definition) is 2. The molecule has 0 aliphatic heterocycles. The summed E-state index contributed by atoms with van der Waals surface area (Å²) in [5, 5.41) is 11.6. The average molecular weight is 301 g/mol. The van der Waals surface area contributed by atoms with Crippen LogP contribution in [-0.2, 0) is 9.53 Å². The Bertz CT molecular complexity index is 265. The van der Waals surface area contributed by atoms with Crippen LogP contribution in [0.15, 0.2) is 0 Å². The van der Waals surface area contributed by atoms with E-state index < -0.39 is 0 Å². The molecule has 4 heteroatoms. The molecule has 0 heterocycles. The Morgan fingerprint density at radius 3 is 2.52 bits per heavy atom. The van der Waals surface area contributed by atoms with E-state index in [1.807, 2.05) is 0 Å². The van der Waals surface area contributed by atoms with Crippen molar-refractivity contribution in [3.05, 3.63) is 0 Å². The molecule has 0 aromatic rings. The molecule has 4 nitrogen and oxygen atoms in total. The van der Waals surface area contributed by atoms with Crippen molar-refractivity contribution in [1.29, 1.82) is 0 Å². The average Bonchev–Trinajstić information content (AvgIpc) is 2.39. The summed E-state index contributed by atoms with van der Waals surface area (Å²) in [5.41, 5.74) is -0.110. The highest BCUT2D eigenvalue weighted by Gasteiger charge is 2.17. The number of amides is 1. The van der Waals surface area contributed by atoms with Crippen molar-refractivity contribution in [2.45, 2.75) is 78.2 Å². The van der Waals surface area contributed by atoms with Gasteiger partial charge in [0, 0.05) is 26.2 Å². The monoisotopic (exact) mass is 301 g/mol. The van der Waals surface area contributed by atoms with E-state index in [0.29, 0.717) is 12.3 Å². The smallest absolute Gasteiger partial charge is 0.219 e. The fourth-order valence-corrected chi connectivity index (χ4v) is 2.05. The zero-order valence-electron chi connectivity index (χ0n) is 14.4. The second-order valence-corrected chi connectivity index (χ2v) is 6.78. The van der Waals surface area contributed by atoms with Crippen molar-refractivity contribution in [2.75, 3.05) is 19.8 Å². The normalized spacial score (nSPS) is 11.9. The molecule has 0 aliphatic carbocycles. The molecule has 0 aromatic heterocycles. The number of hydrogen-bond acceptors (Lipinski definition) is 3. The Labute approximate surface area is 130 Å². The van der Waals surface area contributed by atoms with Gasteiger partial charge in [0.15, 0.2) is 0 Å². The number of ether oxygens (including phenoxy) is 1. The summed E-state index contributed by atoms with van der Waals surface area (Å²) in [7, 11) is 0. The van der Waals surface area contributed by atoms with Gasteiger partial charge in [0.2, 0.25) is 5.91 Å². The molecule has 0 rings (SSSR count). The lowest BCUT2D eigenvalue weighted by Crippen LogP contribution is -2.29. The van der Waals surface area contributed by atoms with Crippen LogP contribution in [0.2, 0.25) is 0 Å². The second-order valence-electron chi connectivity index (χ2n) is 6.78. The highest BCUT2D eigenvalue weighted by Crippen LogP contribution is 2.17. The van der Waals surface area contributed by atoms with Crippen molar-refractivity contribution in [1.82, 2.24) is 5.32 Å². The summed E-state index contributed by atoms with van der Waals surface area (Å²) in [6, 6.07) is 0. The van der Waals surface area contributed by atoms with Gasteiger partial charge < -0.3 is 15.2 Å². The van der Waals surface area contributed by atoms with Crippen LogP contribution in [0, 0.1) is 5.92 Å². The summed E-state index contributed by atoms with van der Waals surface area (Å²) in [4.78, 5) is 11.6. The van der Waals surface area contributed by atoms with Gasteiger partial charge in [-0.1, -0.05) is 20.3 Å². The van der Waals surface area contributed by atoms with E-state index >= 15 is 0 Å². The van der Waals surface area contributed by atoms with Crippen LogP contribution < -0.4 is 5.32 Å². The number of aliphatic hydroxyl groups excluding tert-OH is 1. The van der Waals surface area contributed by atoms with Gasteiger partial charge in [-0.3, -0.25) is 4.79 Å². The topological polar surface area (TPSA) is 58.6 Å². The van der Waals surface area contributed by atoms with Gasteiger partial charge in [0.1, 0.15) is 0 Å². The van der Waals surface area contributed by atoms with Gasteiger partial charge in [-0.2, -0.15) is 0 Å². The molecule has 1 amide bonds. The van der Waals surface area contributed by atoms with Crippen molar-refractivity contribution in [3.8, 4) is 0 Å². The second kappa shape index (κ2) is 12.0. The molecule has 0 saturated heterocycles. The molecule has 0 bridgehead atoms. The minimum Gasteiger partial charge on any atom is -0.396 e. The maximum Gasteiger partial charge on any atom is 0.219 e. The molecule has 0 radical (unpaired) electrons. The predicted molar refractivity (Wildman–Crippen MR) is 87.3 cm³/mol. The molecule has 126 valence electrons. The lowest BCUT2D eigenvalue weighted by atomic mass is 10.0. The predicted octanol–water partition coefficient (Wildman–Crippen LogP) is 3.28. The number of unbranched alkanes of at least 4 members (excludes halogenated alkanes) is 2. The lowest BCUT2D eigenvalue weighted by Gasteiger charge is -2.26. The van der Waals surface area contributed by atoms with Gasteiger partial charge in [-0.05, 0) is 51.9 Å². The van der Waals surface area contributed by atoms with Crippen LogP contribution >= 0.6 is 0 Å². The summed E-state index contributed by atoms with van der Waals surface area (Å²) in [6.07, 6.45) is 6.11. The van der Waals surface area contributed by atoms with Gasteiger partial charge in [0.25, 0.3) is 0 Å². The fraction of sp³-hybridized carbons (Fsp3) is 0.941. The molecule has 0 fully saturated rings. The Kier molecular flexibility index (Phi) is 11.6. The summed E-state index contributed by atoms with van der Waals surface area (Å²) >= 11 is 0. The molecule has 0 spiro atoms.